The summed E-state index contributed by atoms with van der Waals surface area (Å²) in [4.78, 5) is 14.3. The first kappa shape index (κ1) is 12.1. The fourth-order valence-electron chi connectivity index (χ4n) is 2.44. The number of aromatic nitrogens is 2. The monoisotopic (exact) mass is 236 g/mol. The van der Waals surface area contributed by atoms with E-state index in [1.54, 1.807) is 4.68 Å². The molecule has 2 N–H and O–H groups in total. The van der Waals surface area contributed by atoms with Crippen LogP contribution in [0, 0.1) is 13.8 Å². The van der Waals surface area contributed by atoms with Gasteiger partial charge in [-0.05, 0) is 26.7 Å². The number of hydrogen-bond acceptors (Lipinski definition) is 3. The van der Waals surface area contributed by atoms with E-state index < -0.39 is 0 Å². The Labute approximate surface area is 102 Å². The van der Waals surface area contributed by atoms with E-state index in [0.717, 1.165) is 36.3 Å². The van der Waals surface area contributed by atoms with Crippen LogP contribution in [0.5, 0.6) is 0 Å². The second-order valence-corrected chi connectivity index (χ2v) is 4.82. The summed E-state index contributed by atoms with van der Waals surface area (Å²) < 4.78 is 1.76. The Morgan fingerprint density at radius 2 is 2.18 bits per heavy atom. The van der Waals surface area contributed by atoms with Gasteiger partial charge in [0.05, 0.1) is 11.3 Å². The molecule has 94 valence electrons. The van der Waals surface area contributed by atoms with Crippen molar-refractivity contribution in [2.24, 2.45) is 12.8 Å². The van der Waals surface area contributed by atoms with Crippen LogP contribution < -0.4 is 5.73 Å². The molecule has 0 saturated carbocycles. The molecule has 1 aliphatic rings. The number of hydrogen-bond donors (Lipinski definition) is 1. The zero-order valence-corrected chi connectivity index (χ0v) is 10.7. The van der Waals surface area contributed by atoms with Crippen molar-refractivity contribution < 1.29 is 4.79 Å². The highest BCUT2D eigenvalue weighted by Crippen LogP contribution is 2.17. The molecule has 1 amide bonds. The van der Waals surface area contributed by atoms with Gasteiger partial charge in [0.2, 0.25) is 0 Å². The average molecular weight is 236 g/mol. The molecule has 1 aromatic rings. The predicted octanol–water partition coefficient (Wildman–Crippen LogP) is 0.600. The maximum atomic E-state index is 12.4. The van der Waals surface area contributed by atoms with Crippen molar-refractivity contribution in [2.75, 3.05) is 13.1 Å². The zero-order valence-electron chi connectivity index (χ0n) is 10.7. The molecule has 1 aromatic heterocycles. The quantitative estimate of drug-likeness (QED) is 0.776. The van der Waals surface area contributed by atoms with Gasteiger partial charge in [-0.2, -0.15) is 5.10 Å². The molecule has 2 rings (SSSR count). The molecule has 0 unspecified atom stereocenters. The topological polar surface area (TPSA) is 64.2 Å². The third-order valence-electron chi connectivity index (χ3n) is 3.47. The van der Waals surface area contributed by atoms with Crippen LogP contribution in [-0.4, -0.2) is 39.7 Å². The van der Waals surface area contributed by atoms with Crippen LogP contribution in [0.4, 0.5) is 0 Å². The Hall–Kier alpha value is -1.36. The molecule has 2 heterocycles. The highest BCUT2D eigenvalue weighted by atomic mass is 16.2. The molecule has 0 aliphatic carbocycles. The van der Waals surface area contributed by atoms with E-state index in [0.29, 0.717) is 6.54 Å². The van der Waals surface area contributed by atoms with Crippen LogP contribution in [0.1, 0.15) is 34.6 Å². The minimum atomic E-state index is 0.0725. The molecule has 1 aliphatic heterocycles. The van der Waals surface area contributed by atoms with Crippen molar-refractivity contribution in [3.8, 4) is 0 Å². The third kappa shape index (κ3) is 2.20. The highest BCUT2D eigenvalue weighted by Gasteiger charge is 2.26. The summed E-state index contributed by atoms with van der Waals surface area (Å²) in [5.74, 6) is 0.0725. The van der Waals surface area contributed by atoms with E-state index in [1.165, 1.54) is 0 Å². The number of carbonyl (C=O) groups is 1. The number of piperidine rings is 1. The number of nitrogens with zero attached hydrogens (tertiary/aromatic N) is 3. The Balaban J connectivity index is 2.24. The Bertz CT molecular complexity index is 438. The molecular formula is C12H20N4O. The first-order chi connectivity index (χ1) is 8.00. The highest BCUT2D eigenvalue weighted by molar-refractivity contribution is 5.96. The molecule has 0 radical (unpaired) electrons. The summed E-state index contributed by atoms with van der Waals surface area (Å²) in [5.41, 5.74) is 8.37. The van der Waals surface area contributed by atoms with Crippen molar-refractivity contribution in [3.05, 3.63) is 17.0 Å². The van der Waals surface area contributed by atoms with Crippen molar-refractivity contribution >= 4 is 5.91 Å². The van der Waals surface area contributed by atoms with Crippen molar-refractivity contribution in [2.45, 2.75) is 32.7 Å². The van der Waals surface area contributed by atoms with Crippen molar-refractivity contribution in [3.63, 3.8) is 0 Å². The van der Waals surface area contributed by atoms with Crippen molar-refractivity contribution in [1.82, 2.24) is 14.7 Å². The van der Waals surface area contributed by atoms with Crippen LogP contribution in [0.25, 0.3) is 0 Å². The van der Waals surface area contributed by atoms with Crippen LogP contribution in [0.15, 0.2) is 0 Å². The molecule has 0 bridgehead atoms. The fourth-order valence-corrected chi connectivity index (χ4v) is 2.44. The number of nitrogens with two attached hydrogens (primary N) is 1. The van der Waals surface area contributed by atoms with Crippen molar-refractivity contribution in [1.29, 1.82) is 0 Å². The Morgan fingerprint density at radius 3 is 2.71 bits per heavy atom. The number of likely N-dealkylation sites (tertiary alicyclic amines) is 1. The molecule has 1 atom stereocenters. The minimum absolute atomic E-state index is 0.0725. The lowest BCUT2D eigenvalue weighted by molar-refractivity contribution is 0.0707. The van der Waals surface area contributed by atoms with E-state index in [-0.39, 0.29) is 11.9 Å². The zero-order chi connectivity index (χ0) is 12.6. The van der Waals surface area contributed by atoms with Gasteiger partial charge >= 0.3 is 0 Å². The number of carbonyl (C=O) groups excluding carboxylic acids is 1. The second kappa shape index (κ2) is 4.49. The summed E-state index contributed by atoms with van der Waals surface area (Å²) in [6, 6.07) is 0.116. The summed E-state index contributed by atoms with van der Waals surface area (Å²) in [5, 5.41) is 4.28. The molecular weight excluding hydrogens is 216 g/mol. The fraction of sp³-hybridized carbons (Fsp3) is 0.667. The van der Waals surface area contributed by atoms with E-state index >= 15 is 0 Å². The van der Waals surface area contributed by atoms with Crippen LogP contribution in [-0.2, 0) is 7.05 Å². The van der Waals surface area contributed by atoms with Gasteiger partial charge in [-0.25, -0.2) is 0 Å². The van der Waals surface area contributed by atoms with Crippen LogP contribution in [0.2, 0.25) is 0 Å². The van der Waals surface area contributed by atoms with E-state index in [2.05, 4.69) is 5.10 Å². The summed E-state index contributed by atoms with van der Waals surface area (Å²) in [6.07, 6.45) is 2.00. The van der Waals surface area contributed by atoms with Gasteiger partial charge < -0.3 is 10.6 Å². The van der Waals surface area contributed by atoms with Gasteiger partial charge in [-0.1, -0.05) is 0 Å². The summed E-state index contributed by atoms with van der Waals surface area (Å²) >= 11 is 0. The van der Waals surface area contributed by atoms with Gasteiger partial charge in [0, 0.05) is 31.9 Å². The van der Waals surface area contributed by atoms with Gasteiger partial charge in [0.25, 0.3) is 5.91 Å². The number of aryl methyl sites for hydroxylation is 2. The summed E-state index contributed by atoms with van der Waals surface area (Å²) in [6.45, 7) is 5.27. The maximum Gasteiger partial charge on any atom is 0.257 e. The predicted molar refractivity (Wildman–Crippen MR) is 65.8 cm³/mol. The molecule has 17 heavy (non-hydrogen) atoms. The first-order valence-corrected chi connectivity index (χ1v) is 6.05. The van der Waals surface area contributed by atoms with Gasteiger partial charge in [0.15, 0.2) is 0 Å². The normalized spacial score (nSPS) is 20.7. The van der Waals surface area contributed by atoms with E-state index in [1.807, 2.05) is 25.8 Å². The summed E-state index contributed by atoms with van der Waals surface area (Å²) in [7, 11) is 1.86. The number of rotatable bonds is 1. The average Bonchev–Trinajstić information content (AvgIpc) is 2.52. The first-order valence-electron chi connectivity index (χ1n) is 6.05. The largest absolute Gasteiger partial charge is 0.337 e. The lowest BCUT2D eigenvalue weighted by atomic mass is 10.0. The standard InChI is InChI=1S/C12H20N4O/c1-8-11(9(2)15(3)14-8)12(17)16-6-4-5-10(13)7-16/h10H,4-7,13H2,1-3H3/t10-/m1/s1. The van der Waals surface area contributed by atoms with E-state index in [4.69, 9.17) is 5.73 Å². The lowest BCUT2D eigenvalue weighted by Gasteiger charge is -2.30. The molecule has 5 heteroatoms. The smallest absolute Gasteiger partial charge is 0.257 e. The molecule has 0 spiro atoms. The van der Waals surface area contributed by atoms with E-state index in [9.17, 15) is 4.79 Å². The third-order valence-corrected chi connectivity index (χ3v) is 3.47. The van der Waals surface area contributed by atoms with Crippen LogP contribution in [0.3, 0.4) is 0 Å². The molecule has 1 saturated heterocycles. The Morgan fingerprint density at radius 1 is 1.47 bits per heavy atom. The molecule has 5 nitrogen and oxygen atoms in total. The van der Waals surface area contributed by atoms with Crippen LogP contribution >= 0.6 is 0 Å². The molecule has 0 aromatic carbocycles. The SMILES string of the molecule is Cc1nn(C)c(C)c1C(=O)N1CCC[C@@H](N)C1. The van der Waals surface area contributed by atoms with Gasteiger partial charge in [-0.3, -0.25) is 9.48 Å². The number of amides is 1. The van der Waals surface area contributed by atoms with Gasteiger partial charge in [0.1, 0.15) is 0 Å². The second-order valence-electron chi connectivity index (χ2n) is 4.82. The maximum absolute atomic E-state index is 12.4. The molecule has 1 fully saturated rings. The Kier molecular flexibility index (Phi) is 3.19. The van der Waals surface area contributed by atoms with Gasteiger partial charge in [-0.15, -0.1) is 0 Å². The minimum Gasteiger partial charge on any atom is -0.337 e. The lowest BCUT2D eigenvalue weighted by Crippen LogP contribution is -2.46.